The van der Waals surface area contributed by atoms with Gasteiger partial charge in [-0.05, 0) is 31.4 Å². The highest BCUT2D eigenvalue weighted by Crippen LogP contribution is 2.25. The zero-order valence-corrected chi connectivity index (χ0v) is 11.3. The summed E-state index contributed by atoms with van der Waals surface area (Å²) in [7, 11) is 1.66. The third-order valence-corrected chi connectivity index (χ3v) is 3.59. The maximum absolute atomic E-state index is 11.7. The molecular weight excluding hydrogens is 240 g/mol. The Kier molecular flexibility index (Phi) is 4.00. The molecule has 1 atom stereocenters. The van der Waals surface area contributed by atoms with Crippen LogP contribution in [0.3, 0.4) is 0 Å². The van der Waals surface area contributed by atoms with Crippen LogP contribution in [0.1, 0.15) is 24.0 Å². The average Bonchev–Trinajstić information content (AvgIpc) is 2.46. The van der Waals surface area contributed by atoms with Crippen molar-refractivity contribution in [3.63, 3.8) is 0 Å². The maximum atomic E-state index is 11.7. The second kappa shape index (κ2) is 5.70. The van der Waals surface area contributed by atoms with Crippen LogP contribution in [-0.2, 0) is 4.79 Å². The topological polar surface area (TPSA) is 69.0 Å². The highest BCUT2D eigenvalue weighted by Gasteiger charge is 2.27. The molecule has 1 unspecified atom stereocenters. The molecule has 1 aliphatic rings. The first-order valence-electron chi connectivity index (χ1n) is 6.49. The number of pyridine rings is 1. The number of hydrogen-bond donors (Lipinski definition) is 1. The zero-order chi connectivity index (χ0) is 13.8. The van der Waals surface area contributed by atoms with Crippen molar-refractivity contribution in [2.75, 3.05) is 25.0 Å². The quantitative estimate of drug-likeness (QED) is 0.866. The van der Waals surface area contributed by atoms with E-state index < -0.39 is 0 Å². The van der Waals surface area contributed by atoms with Gasteiger partial charge in [-0.15, -0.1) is 0 Å². The van der Waals surface area contributed by atoms with Crippen molar-refractivity contribution in [3.05, 3.63) is 23.4 Å². The summed E-state index contributed by atoms with van der Waals surface area (Å²) in [5, 5.41) is 12.0. The van der Waals surface area contributed by atoms with Crippen LogP contribution in [0.2, 0.25) is 0 Å². The molecular formula is C14H18N4O. The third kappa shape index (κ3) is 2.68. The SMILES string of the molecule is CNC(=O)C1CCCN(c2nccc(C)c2C#N)C1. The minimum absolute atomic E-state index is 0.0207. The van der Waals surface area contributed by atoms with Crippen LogP contribution in [0, 0.1) is 24.2 Å². The number of rotatable bonds is 2. The fourth-order valence-electron chi connectivity index (χ4n) is 2.51. The van der Waals surface area contributed by atoms with Crippen LogP contribution < -0.4 is 10.2 Å². The average molecular weight is 258 g/mol. The third-order valence-electron chi connectivity index (χ3n) is 3.59. The smallest absolute Gasteiger partial charge is 0.224 e. The predicted octanol–water partition coefficient (Wildman–Crippen LogP) is 1.22. The van der Waals surface area contributed by atoms with E-state index in [9.17, 15) is 10.1 Å². The zero-order valence-electron chi connectivity index (χ0n) is 11.3. The molecule has 5 nitrogen and oxygen atoms in total. The Hall–Kier alpha value is -2.09. The molecule has 1 fully saturated rings. The number of anilines is 1. The lowest BCUT2D eigenvalue weighted by Gasteiger charge is -2.33. The molecule has 1 aliphatic heterocycles. The summed E-state index contributed by atoms with van der Waals surface area (Å²) in [5.74, 6) is 0.750. The second-order valence-corrected chi connectivity index (χ2v) is 4.84. The van der Waals surface area contributed by atoms with E-state index in [1.54, 1.807) is 13.2 Å². The Morgan fingerprint density at radius 2 is 2.42 bits per heavy atom. The predicted molar refractivity (Wildman–Crippen MR) is 72.7 cm³/mol. The van der Waals surface area contributed by atoms with Gasteiger partial charge in [0.25, 0.3) is 0 Å². The van der Waals surface area contributed by atoms with E-state index in [0.717, 1.165) is 24.9 Å². The molecule has 1 aromatic heterocycles. The number of carbonyl (C=O) groups is 1. The molecule has 0 aromatic carbocycles. The van der Waals surface area contributed by atoms with Gasteiger partial charge in [-0.1, -0.05) is 0 Å². The van der Waals surface area contributed by atoms with Crippen molar-refractivity contribution >= 4 is 11.7 Å². The van der Waals surface area contributed by atoms with Crippen molar-refractivity contribution in [1.29, 1.82) is 5.26 Å². The first-order valence-corrected chi connectivity index (χ1v) is 6.49. The molecule has 0 spiro atoms. The number of hydrogen-bond acceptors (Lipinski definition) is 4. The number of carbonyl (C=O) groups excluding carboxylic acids is 1. The summed E-state index contributed by atoms with van der Waals surface area (Å²) in [4.78, 5) is 18.1. The van der Waals surface area contributed by atoms with Crippen molar-refractivity contribution in [1.82, 2.24) is 10.3 Å². The van der Waals surface area contributed by atoms with E-state index >= 15 is 0 Å². The Labute approximate surface area is 113 Å². The summed E-state index contributed by atoms with van der Waals surface area (Å²) in [5.41, 5.74) is 1.54. The van der Waals surface area contributed by atoms with Crippen LogP contribution in [0.25, 0.3) is 0 Å². The Balaban J connectivity index is 2.25. The number of aromatic nitrogens is 1. The van der Waals surface area contributed by atoms with Crippen molar-refractivity contribution in [2.45, 2.75) is 19.8 Å². The van der Waals surface area contributed by atoms with Crippen LogP contribution in [0.4, 0.5) is 5.82 Å². The van der Waals surface area contributed by atoms with Gasteiger partial charge in [-0.3, -0.25) is 4.79 Å². The molecule has 100 valence electrons. The lowest BCUT2D eigenvalue weighted by Crippen LogP contribution is -2.42. The number of nitriles is 1. The minimum Gasteiger partial charge on any atom is -0.359 e. The van der Waals surface area contributed by atoms with Crippen LogP contribution in [0.15, 0.2) is 12.3 Å². The molecule has 2 heterocycles. The molecule has 1 aromatic rings. The van der Waals surface area contributed by atoms with Gasteiger partial charge in [-0.2, -0.15) is 5.26 Å². The fraction of sp³-hybridized carbons (Fsp3) is 0.500. The van der Waals surface area contributed by atoms with E-state index in [2.05, 4.69) is 21.3 Å². The number of aryl methyl sites for hydroxylation is 1. The summed E-state index contributed by atoms with van der Waals surface area (Å²) < 4.78 is 0. The minimum atomic E-state index is -0.0207. The van der Waals surface area contributed by atoms with Gasteiger partial charge in [0, 0.05) is 26.3 Å². The molecule has 1 amide bonds. The van der Waals surface area contributed by atoms with Crippen molar-refractivity contribution < 1.29 is 4.79 Å². The van der Waals surface area contributed by atoms with Gasteiger partial charge in [-0.25, -0.2) is 4.98 Å². The van der Waals surface area contributed by atoms with E-state index in [1.165, 1.54) is 0 Å². The number of nitrogens with zero attached hydrogens (tertiary/aromatic N) is 3. The fourth-order valence-corrected chi connectivity index (χ4v) is 2.51. The highest BCUT2D eigenvalue weighted by molar-refractivity contribution is 5.79. The standard InChI is InChI=1S/C14H18N4O/c1-10-5-6-17-13(12(10)8-15)18-7-3-4-11(9-18)14(19)16-2/h5-6,11H,3-4,7,9H2,1-2H3,(H,16,19). The molecule has 5 heteroatoms. The summed E-state index contributed by atoms with van der Waals surface area (Å²) in [6, 6.07) is 4.05. The largest absolute Gasteiger partial charge is 0.359 e. The van der Waals surface area contributed by atoms with Crippen molar-refractivity contribution in [3.8, 4) is 6.07 Å². The first-order chi connectivity index (χ1) is 9.17. The summed E-state index contributed by atoms with van der Waals surface area (Å²) in [6.45, 7) is 3.38. The molecule has 19 heavy (non-hydrogen) atoms. The molecule has 0 aliphatic carbocycles. The lowest BCUT2D eigenvalue weighted by molar-refractivity contribution is -0.124. The number of piperidine rings is 1. The number of amides is 1. The van der Waals surface area contributed by atoms with Gasteiger partial charge >= 0.3 is 0 Å². The summed E-state index contributed by atoms with van der Waals surface area (Å²) in [6.07, 6.45) is 3.55. The van der Waals surface area contributed by atoms with Gasteiger partial charge < -0.3 is 10.2 Å². The summed E-state index contributed by atoms with van der Waals surface area (Å²) >= 11 is 0. The Morgan fingerprint density at radius 1 is 1.63 bits per heavy atom. The normalized spacial score (nSPS) is 18.8. The number of nitrogens with one attached hydrogen (secondary N) is 1. The van der Waals surface area contributed by atoms with Gasteiger partial charge in [0.05, 0.1) is 11.5 Å². The van der Waals surface area contributed by atoms with Gasteiger partial charge in [0.15, 0.2) is 0 Å². The van der Waals surface area contributed by atoms with E-state index in [0.29, 0.717) is 17.9 Å². The van der Waals surface area contributed by atoms with Crippen LogP contribution in [0.5, 0.6) is 0 Å². The molecule has 0 bridgehead atoms. The van der Waals surface area contributed by atoms with E-state index in [4.69, 9.17) is 0 Å². The maximum Gasteiger partial charge on any atom is 0.224 e. The van der Waals surface area contributed by atoms with Crippen LogP contribution in [-0.4, -0.2) is 31.0 Å². The first kappa shape index (κ1) is 13.3. The second-order valence-electron chi connectivity index (χ2n) is 4.84. The molecule has 1 saturated heterocycles. The molecule has 2 rings (SSSR count). The van der Waals surface area contributed by atoms with E-state index in [1.807, 2.05) is 13.0 Å². The molecule has 0 saturated carbocycles. The lowest BCUT2D eigenvalue weighted by atomic mass is 9.96. The molecule has 0 radical (unpaired) electrons. The Bertz CT molecular complexity index is 521. The molecule has 1 N–H and O–H groups in total. The highest BCUT2D eigenvalue weighted by atomic mass is 16.1. The monoisotopic (exact) mass is 258 g/mol. The van der Waals surface area contributed by atoms with Gasteiger partial charge in [0.2, 0.25) is 5.91 Å². The van der Waals surface area contributed by atoms with Crippen LogP contribution >= 0.6 is 0 Å². The van der Waals surface area contributed by atoms with Crippen molar-refractivity contribution in [2.24, 2.45) is 5.92 Å². The Morgan fingerprint density at radius 3 is 3.11 bits per heavy atom. The van der Waals surface area contributed by atoms with Gasteiger partial charge in [0.1, 0.15) is 11.9 Å². The van der Waals surface area contributed by atoms with E-state index in [-0.39, 0.29) is 11.8 Å².